The molecule has 9 nitrogen and oxygen atoms in total. The number of benzene rings is 2. The Labute approximate surface area is 223 Å². The van der Waals surface area contributed by atoms with Gasteiger partial charge in [0.05, 0.1) is 42.2 Å². The average molecular weight is 537 g/mol. The quantitative estimate of drug-likeness (QED) is 0.428. The summed E-state index contributed by atoms with van der Waals surface area (Å²) >= 11 is 1.26. The average Bonchev–Trinajstić information content (AvgIpc) is 3.47. The van der Waals surface area contributed by atoms with Crippen LogP contribution in [0.25, 0.3) is 6.08 Å². The normalized spacial score (nSPS) is 16.2. The number of carbonyl (C=O) groups is 1. The number of esters is 1. The lowest BCUT2D eigenvalue weighted by molar-refractivity contribution is -0.139. The van der Waals surface area contributed by atoms with Crippen LogP contribution in [0.5, 0.6) is 23.0 Å². The van der Waals surface area contributed by atoms with E-state index in [1.165, 1.54) is 11.3 Å². The Balaban J connectivity index is 1.72. The second-order valence-corrected chi connectivity index (χ2v) is 9.72. The minimum Gasteiger partial charge on any atom is -0.493 e. The number of ether oxygens (including phenoxy) is 5. The lowest BCUT2D eigenvalue weighted by Gasteiger charge is -2.25. The second kappa shape index (κ2) is 10.4. The molecule has 1 aromatic heterocycles. The van der Waals surface area contributed by atoms with Crippen molar-refractivity contribution >= 4 is 23.4 Å². The van der Waals surface area contributed by atoms with Crippen LogP contribution in [0.15, 0.2) is 51.4 Å². The molecule has 3 heterocycles. The zero-order valence-electron chi connectivity index (χ0n) is 21.8. The number of hydrogen-bond acceptors (Lipinski definition) is 9. The molecule has 5 rings (SSSR count). The molecule has 0 saturated carbocycles. The number of carbonyl (C=O) groups excluding carboxylic acids is 1. The Morgan fingerprint density at radius 2 is 1.89 bits per heavy atom. The monoisotopic (exact) mass is 536 g/mol. The van der Waals surface area contributed by atoms with Gasteiger partial charge in [-0.25, -0.2) is 9.79 Å². The van der Waals surface area contributed by atoms with Gasteiger partial charge in [0, 0.05) is 0 Å². The molecule has 0 fully saturated rings. The molecule has 2 aliphatic rings. The van der Waals surface area contributed by atoms with Crippen molar-refractivity contribution in [2.24, 2.45) is 4.99 Å². The van der Waals surface area contributed by atoms with E-state index in [0.29, 0.717) is 55.8 Å². The van der Waals surface area contributed by atoms with Gasteiger partial charge in [-0.15, -0.1) is 0 Å². The minimum absolute atomic E-state index is 0.169. The highest BCUT2D eigenvalue weighted by Crippen LogP contribution is 2.37. The molecule has 198 valence electrons. The number of hydrogen-bond donors (Lipinski definition) is 0. The van der Waals surface area contributed by atoms with Crippen molar-refractivity contribution in [1.29, 1.82) is 0 Å². The van der Waals surface area contributed by atoms with E-state index in [1.54, 1.807) is 37.7 Å². The Kier molecular flexibility index (Phi) is 6.98. The van der Waals surface area contributed by atoms with Crippen LogP contribution in [0.1, 0.15) is 43.5 Å². The SMILES string of the molecule is CCOC(=O)C1=C(C)N=c2s/c(=C\c3cc4c(cc3C)OCO4)c(=O)n2[C@@H]1c1ccc(OC)c(OCC)c1. The molecule has 38 heavy (non-hydrogen) atoms. The molecule has 10 heteroatoms. The van der Waals surface area contributed by atoms with Gasteiger partial charge in [0.15, 0.2) is 27.8 Å². The molecular weight excluding hydrogens is 508 g/mol. The van der Waals surface area contributed by atoms with E-state index < -0.39 is 12.0 Å². The third-order valence-corrected chi connectivity index (χ3v) is 7.35. The van der Waals surface area contributed by atoms with Crippen LogP contribution in [0.3, 0.4) is 0 Å². The molecule has 0 N–H and O–H groups in total. The maximum atomic E-state index is 13.9. The topological polar surface area (TPSA) is 97.6 Å². The van der Waals surface area contributed by atoms with Crippen molar-refractivity contribution in [1.82, 2.24) is 4.57 Å². The fraction of sp³-hybridized carbons (Fsp3) is 0.321. The summed E-state index contributed by atoms with van der Waals surface area (Å²) in [6.07, 6.45) is 1.82. The Bertz CT molecular complexity index is 1630. The first-order valence-corrected chi connectivity index (χ1v) is 13.1. The van der Waals surface area contributed by atoms with E-state index in [4.69, 9.17) is 23.7 Å². The Morgan fingerprint density at radius 1 is 1.13 bits per heavy atom. The summed E-state index contributed by atoms with van der Waals surface area (Å²) in [5.74, 6) is 1.87. The lowest BCUT2D eigenvalue weighted by Crippen LogP contribution is -2.40. The highest BCUT2D eigenvalue weighted by molar-refractivity contribution is 7.07. The van der Waals surface area contributed by atoms with Crippen molar-refractivity contribution in [3.05, 3.63) is 78.0 Å². The Hall–Kier alpha value is -4.05. The summed E-state index contributed by atoms with van der Waals surface area (Å²) < 4.78 is 29.6. The molecule has 0 unspecified atom stereocenters. The number of aromatic nitrogens is 1. The summed E-state index contributed by atoms with van der Waals surface area (Å²) in [4.78, 5) is 32.2. The summed E-state index contributed by atoms with van der Waals surface area (Å²) in [6, 6.07) is 8.39. The van der Waals surface area contributed by atoms with E-state index >= 15 is 0 Å². The maximum Gasteiger partial charge on any atom is 0.338 e. The molecule has 0 radical (unpaired) electrons. The molecule has 3 aromatic rings. The van der Waals surface area contributed by atoms with Gasteiger partial charge in [0.2, 0.25) is 6.79 Å². The highest BCUT2D eigenvalue weighted by atomic mass is 32.1. The summed E-state index contributed by atoms with van der Waals surface area (Å²) in [7, 11) is 1.56. The van der Waals surface area contributed by atoms with Crippen LogP contribution in [0, 0.1) is 6.92 Å². The number of rotatable bonds is 7. The minimum atomic E-state index is -0.754. The largest absolute Gasteiger partial charge is 0.493 e. The number of nitrogens with zero attached hydrogens (tertiary/aromatic N) is 2. The maximum absolute atomic E-state index is 13.9. The molecular formula is C28H28N2O7S. The first-order chi connectivity index (χ1) is 18.4. The molecule has 0 spiro atoms. The van der Waals surface area contributed by atoms with E-state index in [0.717, 1.165) is 11.1 Å². The standard InChI is InChI=1S/C28H28N2O7S/c1-6-34-21-11-17(8-9-19(21)33-5)25-24(27(32)35-7-2)16(4)29-28-30(25)26(31)23(38-28)13-18-12-22-20(10-15(18)3)36-14-37-22/h8-13,25H,6-7,14H2,1-5H3/b23-13-/t25-/m1/s1. The first-order valence-electron chi connectivity index (χ1n) is 12.3. The molecule has 1 atom stereocenters. The molecule has 0 bridgehead atoms. The predicted molar refractivity (Wildman–Crippen MR) is 142 cm³/mol. The van der Waals surface area contributed by atoms with Crippen LogP contribution in [-0.2, 0) is 9.53 Å². The number of thiazole rings is 1. The van der Waals surface area contributed by atoms with Gasteiger partial charge in [-0.2, -0.15) is 0 Å². The highest BCUT2D eigenvalue weighted by Gasteiger charge is 2.34. The zero-order valence-corrected chi connectivity index (χ0v) is 22.6. The van der Waals surface area contributed by atoms with Gasteiger partial charge < -0.3 is 23.7 Å². The number of aryl methyl sites for hydroxylation is 1. The van der Waals surface area contributed by atoms with Gasteiger partial charge in [0.25, 0.3) is 5.56 Å². The van der Waals surface area contributed by atoms with Crippen molar-refractivity contribution < 1.29 is 28.5 Å². The molecule has 2 aliphatic heterocycles. The summed E-state index contributed by atoms with van der Waals surface area (Å²) in [5, 5.41) is 0. The van der Waals surface area contributed by atoms with Gasteiger partial charge in [0.1, 0.15) is 0 Å². The second-order valence-electron chi connectivity index (χ2n) is 8.71. The van der Waals surface area contributed by atoms with E-state index in [1.807, 2.05) is 38.1 Å². The fourth-order valence-electron chi connectivity index (χ4n) is 4.59. The van der Waals surface area contributed by atoms with Gasteiger partial charge in [-0.05, 0) is 74.7 Å². The van der Waals surface area contributed by atoms with Crippen LogP contribution in [0.2, 0.25) is 0 Å². The van der Waals surface area contributed by atoms with Crippen LogP contribution in [-0.4, -0.2) is 37.7 Å². The smallest absolute Gasteiger partial charge is 0.338 e. The van der Waals surface area contributed by atoms with Gasteiger partial charge in [-0.1, -0.05) is 17.4 Å². The van der Waals surface area contributed by atoms with Crippen LogP contribution >= 0.6 is 11.3 Å². The van der Waals surface area contributed by atoms with E-state index in [2.05, 4.69) is 4.99 Å². The lowest BCUT2D eigenvalue weighted by atomic mass is 9.95. The zero-order chi connectivity index (χ0) is 27.0. The van der Waals surface area contributed by atoms with Crippen molar-refractivity contribution in [2.45, 2.75) is 33.7 Å². The number of fused-ring (bicyclic) bond motifs is 2. The summed E-state index contributed by atoms with van der Waals surface area (Å²) in [5.41, 5.74) is 2.99. The van der Waals surface area contributed by atoms with Gasteiger partial charge >= 0.3 is 5.97 Å². The van der Waals surface area contributed by atoms with Crippen molar-refractivity contribution in [3.63, 3.8) is 0 Å². The van der Waals surface area contributed by atoms with Crippen molar-refractivity contribution in [2.75, 3.05) is 27.1 Å². The third-order valence-electron chi connectivity index (χ3n) is 6.37. The fourth-order valence-corrected chi connectivity index (χ4v) is 5.63. The molecule has 2 aromatic carbocycles. The summed E-state index contributed by atoms with van der Waals surface area (Å²) in [6.45, 7) is 8.12. The third kappa shape index (κ3) is 4.45. The van der Waals surface area contributed by atoms with Gasteiger partial charge in [-0.3, -0.25) is 9.36 Å². The first kappa shape index (κ1) is 25.6. The number of methoxy groups -OCH3 is 1. The molecule has 0 amide bonds. The molecule has 0 saturated heterocycles. The Morgan fingerprint density at radius 3 is 2.61 bits per heavy atom. The predicted octanol–water partition coefficient (Wildman–Crippen LogP) is 3.24. The van der Waals surface area contributed by atoms with E-state index in [9.17, 15) is 9.59 Å². The van der Waals surface area contributed by atoms with Crippen LogP contribution < -0.4 is 33.8 Å². The molecule has 0 aliphatic carbocycles. The van der Waals surface area contributed by atoms with Crippen LogP contribution in [0.4, 0.5) is 0 Å². The van der Waals surface area contributed by atoms with E-state index in [-0.39, 0.29) is 19.0 Å². The van der Waals surface area contributed by atoms with Crippen molar-refractivity contribution in [3.8, 4) is 23.0 Å². The number of allylic oxidation sites excluding steroid dienone is 1.